The number of rotatable bonds is 4. The highest BCUT2D eigenvalue weighted by Crippen LogP contribution is 2.27. The first kappa shape index (κ1) is 14.0. The van der Waals surface area contributed by atoms with Gasteiger partial charge >= 0.3 is 0 Å². The molecule has 0 aliphatic heterocycles. The number of benzene rings is 1. The van der Waals surface area contributed by atoms with Gasteiger partial charge in [-0.05, 0) is 31.0 Å². The van der Waals surface area contributed by atoms with Crippen molar-refractivity contribution in [3.63, 3.8) is 0 Å². The maximum atomic E-state index is 12.2. The highest BCUT2D eigenvalue weighted by molar-refractivity contribution is 9.10. The minimum absolute atomic E-state index is 0.0723. The Labute approximate surface area is 111 Å². The molecule has 0 heterocycles. The minimum Gasteiger partial charge on any atom is -0.397 e. The molecule has 2 N–H and O–H groups in total. The molecule has 0 bridgehead atoms. The molecule has 0 aliphatic rings. The Morgan fingerprint density at radius 3 is 2.47 bits per heavy atom. The molecule has 1 aromatic carbocycles. The Morgan fingerprint density at radius 1 is 1.41 bits per heavy atom. The fraction of sp³-hybridized carbons (Fsp3) is 0.462. The van der Waals surface area contributed by atoms with E-state index in [1.807, 2.05) is 32.0 Å². The summed E-state index contributed by atoms with van der Waals surface area (Å²) < 4.78 is 0.919. The normalized spacial score (nSPS) is 10.6. The van der Waals surface area contributed by atoms with Crippen molar-refractivity contribution in [1.82, 2.24) is 0 Å². The third kappa shape index (κ3) is 3.22. The maximum Gasteiger partial charge on any atom is 0.229 e. The van der Waals surface area contributed by atoms with E-state index in [-0.39, 0.29) is 11.8 Å². The smallest absolute Gasteiger partial charge is 0.229 e. The van der Waals surface area contributed by atoms with E-state index in [9.17, 15) is 4.79 Å². The van der Waals surface area contributed by atoms with Gasteiger partial charge in [0.1, 0.15) is 0 Å². The van der Waals surface area contributed by atoms with E-state index in [4.69, 9.17) is 5.73 Å². The van der Waals surface area contributed by atoms with E-state index in [1.165, 1.54) is 0 Å². The first-order valence-corrected chi connectivity index (χ1v) is 6.63. The average molecular weight is 299 g/mol. The monoisotopic (exact) mass is 298 g/mol. The van der Waals surface area contributed by atoms with E-state index in [0.29, 0.717) is 5.69 Å². The van der Waals surface area contributed by atoms with E-state index < -0.39 is 0 Å². The number of nitrogens with two attached hydrogens (primary N) is 1. The number of carbonyl (C=O) groups is 1. The van der Waals surface area contributed by atoms with Gasteiger partial charge in [0.2, 0.25) is 5.91 Å². The molecule has 0 saturated heterocycles. The van der Waals surface area contributed by atoms with E-state index in [0.717, 1.165) is 23.0 Å². The molecule has 1 amide bonds. The molecule has 3 nitrogen and oxygen atoms in total. The number of hydrogen-bond donors (Lipinski definition) is 1. The quantitative estimate of drug-likeness (QED) is 0.866. The molecule has 17 heavy (non-hydrogen) atoms. The molecule has 0 aromatic heterocycles. The molecule has 1 rings (SSSR count). The van der Waals surface area contributed by atoms with Crippen LogP contribution in [0.5, 0.6) is 0 Å². The number of nitrogen functional groups attached to an aromatic ring is 1. The summed E-state index contributed by atoms with van der Waals surface area (Å²) in [5.74, 6) is 0.201. The first-order valence-electron chi connectivity index (χ1n) is 5.83. The number of hydrogen-bond acceptors (Lipinski definition) is 2. The highest BCUT2D eigenvalue weighted by atomic mass is 79.9. The fourth-order valence-corrected chi connectivity index (χ4v) is 2.24. The van der Waals surface area contributed by atoms with Crippen LogP contribution >= 0.6 is 15.9 Å². The molecule has 0 unspecified atom stereocenters. The van der Waals surface area contributed by atoms with Crippen LogP contribution in [0.2, 0.25) is 0 Å². The second kappa shape index (κ2) is 6.05. The zero-order valence-corrected chi connectivity index (χ0v) is 12.1. The topological polar surface area (TPSA) is 46.3 Å². The van der Waals surface area contributed by atoms with Gasteiger partial charge in [-0.1, -0.05) is 29.8 Å². The van der Waals surface area contributed by atoms with E-state index in [1.54, 1.807) is 11.9 Å². The van der Waals surface area contributed by atoms with Gasteiger partial charge in [-0.3, -0.25) is 4.79 Å². The van der Waals surface area contributed by atoms with Gasteiger partial charge in [0.15, 0.2) is 0 Å². The molecular formula is C13H19BrN2O. The van der Waals surface area contributed by atoms with Gasteiger partial charge in [0.25, 0.3) is 0 Å². The van der Waals surface area contributed by atoms with Crippen LogP contribution in [0.1, 0.15) is 26.7 Å². The zero-order valence-electron chi connectivity index (χ0n) is 10.5. The Balaban J connectivity index is 2.95. The van der Waals surface area contributed by atoms with Gasteiger partial charge in [-0.25, -0.2) is 0 Å². The first-order chi connectivity index (χ1) is 8.01. The van der Waals surface area contributed by atoms with Crippen molar-refractivity contribution >= 4 is 33.2 Å². The Morgan fingerprint density at radius 2 is 2.00 bits per heavy atom. The minimum atomic E-state index is 0.0723. The molecule has 0 fully saturated rings. The standard InChI is InChI=1S/C13H19BrN2O/c1-4-9(5-2)13(17)16(3)12-7-6-10(14)8-11(12)15/h6-9H,4-5,15H2,1-3H3. The lowest BCUT2D eigenvalue weighted by Crippen LogP contribution is -2.32. The lowest BCUT2D eigenvalue weighted by atomic mass is 10.0. The third-order valence-corrected chi connectivity index (χ3v) is 3.51. The average Bonchev–Trinajstić information content (AvgIpc) is 2.29. The van der Waals surface area contributed by atoms with Crippen LogP contribution in [0.25, 0.3) is 0 Å². The molecular weight excluding hydrogens is 280 g/mol. The molecule has 0 spiro atoms. The number of halogens is 1. The predicted molar refractivity (Wildman–Crippen MR) is 76.0 cm³/mol. The molecule has 0 saturated carbocycles. The Bertz CT molecular complexity index is 402. The predicted octanol–water partition coefficient (Wildman–Crippen LogP) is 3.43. The van der Waals surface area contributed by atoms with Crippen molar-refractivity contribution in [2.75, 3.05) is 17.7 Å². The molecule has 0 aliphatic carbocycles. The van der Waals surface area contributed by atoms with Gasteiger partial charge in [0, 0.05) is 17.4 Å². The zero-order chi connectivity index (χ0) is 13.0. The van der Waals surface area contributed by atoms with Gasteiger partial charge in [0.05, 0.1) is 11.4 Å². The molecule has 0 atom stereocenters. The van der Waals surface area contributed by atoms with Crippen LogP contribution in [0.4, 0.5) is 11.4 Å². The van der Waals surface area contributed by atoms with E-state index in [2.05, 4.69) is 15.9 Å². The summed E-state index contributed by atoms with van der Waals surface area (Å²) in [6.45, 7) is 4.07. The van der Waals surface area contributed by atoms with Gasteiger partial charge in [-0.15, -0.1) is 0 Å². The maximum absolute atomic E-state index is 12.2. The summed E-state index contributed by atoms with van der Waals surface area (Å²) in [6, 6.07) is 5.56. The van der Waals surface area contributed by atoms with Gasteiger partial charge < -0.3 is 10.6 Å². The molecule has 94 valence electrons. The molecule has 1 aromatic rings. The van der Waals surface area contributed by atoms with Crippen LogP contribution in [0.3, 0.4) is 0 Å². The van der Waals surface area contributed by atoms with Crippen LogP contribution in [0, 0.1) is 5.92 Å². The number of carbonyl (C=O) groups excluding carboxylic acids is 1. The second-order valence-electron chi connectivity index (χ2n) is 4.11. The van der Waals surface area contributed by atoms with Crippen molar-refractivity contribution in [3.05, 3.63) is 22.7 Å². The number of amides is 1. The van der Waals surface area contributed by atoms with Crippen molar-refractivity contribution in [2.24, 2.45) is 5.92 Å². The molecule has 0 radical (unpaired) electrons. The fourth-order valence-electron chi connectivity index (χ4n) is 1.86. The lowest BCUT2D eigenvalue weighted by molar-refractivity contribution is -0.122. The van der Waals surface area contributed by atoms with Crippen molar-refractivity contribution in [1.29, 1.82) is 0 Å². The summed E-state index contributed by atoms with van der Waals surface area (Å²) >= 11 is 3.36. The van der Waals surface area contributed by atoms with E-state index >= 15 is 0 Å². The largest absolute Gasteiger partial charge is 0.397 e. The lowest BCUT2D eigenvalue weighted by Gasteiger charge is -2.23. The second-order valence-corrected chi connectivity index (χ2v) is 5.03. The van der Waals surface area contributed by atoms with Crippen molar-refractivity contribution < 1.29 is 4.79 Å². The summed E-state index contributed by atoms with van der Waals surface area (Å²) in [7, 11) is 1.78. The van der Waals surface area contributed by atoms with Crippen LogP contribution in [-0.4, -0.2) is 13.0 Å². The van der Waals surface area contributed by atoms with Crippen molar-refractivity contribution in [3.8, 4) is 0 Å². The van der Waals surface area contributed by atoms with Crippen LogP contribution < -0.4 is 10.6 Å². The van der Waals surface area contributed by atoms with Crippen LogP contribution in [-0.2, 0) is 4.79 Å². The van der Waals surface area contributed by atoms with Gasteiger partial charge in [-0.2, -0.15) is 0 Å². The third-order valence-electron chi connectivity index (χ3n) is 3.02. The summed E-state index contributed by atoms with van der Waals surface area (Å²) in [4.78, 5) is 13.9. The number of nitrogens with zero attached hydrogens (tertiary/aromatic N) is 1. The Kier molecular flexibility index (Phi) is 5.00. The number of anilines is 2. The highest BCUT2D eigenvalue weighted by Gasteiger charge is 2.20. The SMILES string of the molecule is CCC(CC)C(=O)N(C)c1ccc(Br)cc1N. The summed E-state index contributed by atoms with van der Waals surface area (Å²) in [5.41, 5.74) is 7.30. The van der Waals surface area contributed by atoms with Crippen molar-refractivity contribution in [2.45, 2.75) is 26.7 Å². The van der Waals surface area contributed by atoms with Crippen LogP contribution in [0.15, 0.2) is 22.7 Å². The Hall–Kier alpha value is -1.03. The summed E-state index contributed by atoms with van der Waals surface area (Å²) in [6.07, 6.45) is 1.71. The molecule has 4 heteroatoms. The summed E-state index contributed by atoms with van der Waals surface area (Å²) in [5, 5.41) is 0.